The molecule has 1 saturated heterocycles. The first-order chi connectivity index (χ1) is 15.8. The molecule has 1 aliphatic carbocycles. The highest BCUT2D eigenvalue weighted by Crippen LogP contribution is 2.26. The molecule has 4 rings (SSSR count). The molecule has 0 unspecified atom stereocenters. The van der Waals surface area contributed by atoms with Gasteiger partial charge in [-0.05, 0) is 66.6 Å². The average Bonchev–Trinajstić information content (AvgIpc) is 2.83. The number of fused-ring (bicyclic) bond motifs is 1. The van der Waals surface area contributed by atoms with Crippen molar-refractivity contribution in [3.63, 3.8) is 0 Å². The number of rotatable bonds is 8. The molecule has 2 aromatic rings. The van der Waals surface area contributed by atoms with Crippen LogP contribution in [0.25, 0.3) is 0 Å². The molecule has 1 N–H and O–H groups in total. The van der Waals surface area contributed by atoms with Gasteiger partial charge in [0, 0.05) is 39.3 Å². The molecule has 10 heteroatoms. The first-order valence-corrected chi connectivity index (χ1v) is 14.4. The lowest BCUT2D eigenvalue weighted by atomic mass is 9.92. The lowest BCUT2D eigenvalue weighted by Gasteiger charge is -2.28. The first kappa shape index (κ1) is 24.3. The van der Waals surface area contributed by atoms with E-state index in [-0.39, 0.29) is 23.7 Å². The van der Waals surface area contributed by atoms with Gasteiger partial charge in [0.2, 0.25) is 20.0 Å². The van der Waals surface area contributed by atoms with Crippen molar-refractivity contribution in [2.45, 2.75) is 37.1 Å². The summed E-state index contributed by atoms with van der Waals surface area (Å²) in [6.45, 7) is 1.69. The standard InChI is InChI=1S/C23H30FN3O4S2/c24-22-8-5-19(6-9-22)18-27(15-16-32(28,29)26-13-11-25-12-14-26)33(30,31)23-10-7-20-3-1-2-4-21(20)17-23/h5-10,17,25H,1-4,11-16,18H2. The van der Waals surface area contributed by atoms with Crippen molar-refractivity contribution < 1.29 is 21.2 Å². The summed E-state index contributed by atoms with van der Waals surface area (Å²) in [4.78, 5) is 0.171. The molecule has 0 aromatic heterocycles. The minimum absolute atomic E-state index is 0.0310. The Hall–Kier alpha value is -1.85. The molecule has 180 valence electrons. The highest BCUT2D eigenvalue weighted by atomic mass is 32.2. The minimum Gasteiger partial charge on any atom is -0.314 e. The van der Waals surface area contributed by atoms with Crippen LogP contribution in [0.4, 0.5) is 4.39 Å². The van der Waals surface area contributed by atoms with Crippen molar-refractivity contribution in [3.8, 4) is 0 Å². The molecule has 1 aliphatic heterocycles. The predicted octanol–water partition coefficient (Wildman–Crippen LogP) is 2.13. The zero-order valence-corrected chi connectivity index (χ0v) is 20.2. The highest BCUT2D eigenvalue weighted by Gasteiger charge is 2.30. The second kappa shape index (κ2) is 10.2. The van der Waals surface area contributed by atoms with E-state index in [1.807, 2.05) is 6.07 Å². The number of nitrogens with zero attached hydrogens (tertiary/aromatic N) is 2. The molecule has 7 nitrogen and oxygen atoms in total. The lowest BCUT2D eigenvalue weighted by molar-refractivity contribution is 0.355. The quantitative estimate of drug-likeness (QED) is 0.606. The smallest absolute Gasteiger partial charge is 0.243 e. The molecule has 0 bridgehead atoms. The van der Waals surface area contributed by atoms with Gasteiger partial charge in [-0.15, -0.1) is 0 Å². The van der Waals surface area contributed by atoms with Crippen LogP contribution in [-0.2, 0) is 39.4 Å². The number of nitrogens with one attached hydrogen (secondary N) is 1. The Morgan fingerprint density at radius 2 is 1.58 bits per heavy atom. The Kier molecular flexibility index (Phi) is 7.49. The lowest BCUT2D eigenvalue weighted by Crippen LogP contribution is -2.48. The van der Waals surface area contributed by atoms with Crippen LogP contribution < -0.4 is 5.32 Å². The molecule has 2 aliphatic rings. The fourth-order valence-electron chi connectivity index (χ4n) is 4.37. The zero-order chi connectivity index (χ0) is 23.5. The summed E-state index contributed by atoms with van der Waals surface area (Å²) in [5, 5.41) is 3.12. The van der Waals surface area contributed by atoms with Crippen molar-refractivity contribution >= 4 is 20.0 Å². The van der Waals surface area contributed by atoms with Crippen LogP contribution in [0.3, 0.4) is 0 Å². The van der Waals surface area contributed by atoms with E-state index in [1.165, 1.54) is 38.4 Å². The third-order valence-electron chi connectivity index (χ3n) is 6.30. The molecule has 0 atom stereocenters. The molecule has 0 saturated carbocycles. The van der Waals surface area contributed by atoms with E-state index >= 15 is 0 Å². The summed E-state index contributed by atoms with van der Waals surface area (Å²) in [5.41, 5.74) is 2.81. The van der Waals surface area contributed by atoms with Crippen LogP contribution in [0.1, 0.15) is 29.5 Å². The van der Waals surface area contributed by atoms with Gasteiger partial charge in [-0.3, -0.25) is 0 Å². The number of halogens is 1. The summed E-state index contributed by atoms with van der Waals surface area (Å²) in [6.07, 6.45) is 3.91. The van der Waals surface area contributed by atoms with Gasteiger partial charge in [-0.2, -0.15) is 8.61 Å². The van der Waals surface area contributed by atoms with E-state index in [0.29, 0.717) is 31.7 Å². The van der Waals surface area contributed by atoms with Crippen LogP contribution in [0, 0.1) is 5.82 Å². The molecular formula is C23H30FN3O4S2. The molecule has 0 amide bonds. The largest absolute Gasteiger partial charge is 0.314 e. The summed E-state index contributed by atoms with van der Waals surface area (Å²) in [7, 11) is -7.56. The Labute approximate surface area is 195 Å². The van der Waals surface area contributed by atoms with E-state index < -0.39 is 25.9 Å². The fraction of sp³-hybridized carbons (Fsp3) is 0.478. The van der Waals surface area contributed by atoms with E-state index in [1.54, 1.807) is 12.1 Å². The first-order valence-electron chi connectivity index (χ1n) is 11.3. The number of benzene rings is 2. The average molecular weight is 496 g/mol. The maximum atomic E-state index is 13.6. The van der Waals surface area contributed by atoms with Crippen molar-refractivity contribution in [1.29, 1.82) is 0 Å². The molecular weight excluding hydrogens is 465 g/mol. The normalized spacial score (nSPS) is 17.8. The zero-order valence-electron chi connectivity index (χ0n) is 18.5. The van der Waals surface area contributed by atoms with E-state index in [4.69, 9.17) is 0 Å². The van der Waals surface area contributed by atoms with E-state index in [9.17, 15) is 21.2 Å². The molecule has 33 heavy (non-hydrogen) atoms. The van der Waals surface area contributed by atoms with Crippen LogP contribution in [-0.4, -0.2) is 63.9 Å². The van der Waals surface area contributed by atoms with Gasteiger partial charge in [0.15, 0.2) is 0 Å². The van der Waals surface area contributed by atoms with Crippen LogP contribution in [0.5, 0.6) is 0 Å². The van der Waals surface area contributed by atoms with Gasteiger partial charge in [-0.1, -0.05) is 18.2 Å². The van der Waals surface area contributed by atoms with Crippen molar-refractivity contribution in [3.05, 3.63) is 65.0 Å². The van der Waals surface area contributed by atoms with Gasteiger partial charge >= 0.3 is 0 Å². The number of aryl methyl sites for hydroxylation is 2. The Balaban J connectivity index is 1.60. The van der Waals surface area contributed by atoms with Gasteiger partial charge in [0.05, 0.1) is 10.6 Å². The minimum atomic E-state index is -3.95. The number of sulfonamides is 2. The van der Waals surface area contributed by atoms with Crippen molar-refractivity contribution in [1.82, 2.24) is 13.9 Å². The topological polar surface area (TPSA) is 86.8 Å². The second-order valence-electron chi connectivity index (χ2n) is 8.57. The van der Waals surface area contributed by atoms with Crippen LogP contribution >= 0.6 is 0 Å². The monoisotopic (exact) mass is 495 g/mol. The number of hydrogen-bond acceptors (Lipinski definition) is 5. The SMILES string of the molecule is O=S(=O)(CCN(Cc1ccc(F)cc1)S(=O)(=O)c1ccc2c(c1)CCCC2)N1CCNCC1. The maximum Gasteiger partial charge on any atom is 0.243 e. The Bertz CT molecular complexity index is 1180. The van der Waals surface area contributed by atoms with Gasteiger partial charge in [-0.25, -0.2) is 21.2 Å². The van der Waals surface area contributed by atoms with E-state index in [2.05, 4.69) is 5.32 Å². The molecule has 2 aromatic carbocycles. The predicted molar refractivity (Wildman–Crippen MR) is 125 cm³/mol. The Morgan fingerprint density at radius 1 is 0.909 bits per heavy atom. The molecule has 1 fully saturated rings. The van der Waals surface area contributed by atoms with Gasteiger partial charge < -0.3 is 5.32 Å². The molecule has 1 heterocycles. The fourth-order valence-corrected chi connectivity index (χ4v) is 7.41. The summed E-state index contributed by atoms with van der Waals surface area (Å²) >= 11 is 0. The summed E-state index contributed by atoms with van der Waals surface area (Å²) in [6, 6.07) is 10.8. The second-order valence-corrected chi connectivity index (χ2v) is 12.6. The van der Waals surface area contributed by atoms with Crippen molar-refractivity contribution in [2.24, 2.45) is 0 Å². The molecule has 0 spiro atoms. The maximum absolute atomic E-state index is 13.6. The van der Waals surface area contributed by atoms with E-state index in [0.717, 1.165) is 31.2 Å². The third-order valence-corrected chi connectivity index (χ3v) is 9.99. The van der Waals surface area contributed by atoms with Crippen LogP contribution in [0.2, 0.25) is 0 Å². The Morgan fingerprint density at radius 3 is 2.27 bits per heavy atom. The van der Waals surface area contributed by atoms with Gasteiger partial charge in [0.1, 0.15) is 5.82 Å². The third kappa shape index (κ3) is 5.81. The van der Waals surface area contributed by atoms with Gasteiger partial charge in [0.25, 0.3) is 0 Å². The summed E-state index contributed by atoms with van der Waals surface area (Å²) < 4.78 is 68.9. The summed E-state index contributed by atoms with van der Waals surface area (Å²) in [5.74, 6) is -0.720. The van der Waals surface area contributed by atoms with Crippen molar-refractivity contribution in [2.75, 3.05) is 38.5 Å². The highest BCUT2D eigenvalue weighted by molar-refractivity contribution is 7.90. The molecule has 0 radical (unpaired) electrons. The number of hydrogen-bond donors (Lipinski definition) is 1. The van der Waals surface area contributed by atoms with Crippen LogP contribution in [0.15, 0.2) is 47.4 Å². The number of piperazine rings is 1.